The Bertz CT molecular complexity index is 758. The standard InChI is InChI=1S/C18H19N5/c1-14-4-2-5-15(8-14)11-20-17-9-18(23-13-22-17)21-12-16-6-3-7-19-10-16/h2-10,13H,11-12H2,1H3,(H2,20,21,22,23). The Labute approximate surface area is 135 Å². The molecule has 0 spiro atoms. The fourth-order valence-corrected chi connectivity index (χ4v) is 2.26. The normalized spacial score (nSPS) is 10.3. The second-order valence-corrected chi connectivity index (χ2v) is 5.35. The molecule has 0 unspecified atom stereocenters. The van der Waals surface area contributed by atoms with E-state index < -0.39 is 0 Å². The average molecular weight is 305 g/mol. The Morgan fingerprint density at radius 1 is 0.870 bits per heavy atom. The van der Waals surface area contributed by atoms with Crippen LogP contribution in [-0.2, 0) is 13.1 Å². The lowest BCUT2D eigenvalue weighted by Gasteiger charge is -2.09. The summed E-state index contributed by atoms with van der Waals surface area (Å²) in [6, 6.07) is 14.3. The number of nitrogens with zero attached hydrogens (tertiary/aromatic N) is 3. The number of pyridine rings is 1. The number of hydrogen-bond acceptors (Lipinski definition) is 5. The van der Waals surface area contributed by atoms with Crippen molar-refractivity contribution in [2.24, 2.45) is 0 Å². The van der Waals surface area contributed by atoms with Gasteiger partial charge in [0.15, 0.2) is 0 Å². The van der Waals surface area contributed by atoms with Crippen LogP contribution < -0.4 is 10.6 Å². The number of hydrogen-bond donors (Lipinski definition) is 2. The molecule has 0 fully saturated rings. The second kappa shape index (κ2) is 7.35. The van der Waals surface area contributed by atoms with Gasteiger partial charge in [-0.05, 0) is 24.1 Å². The molecule has 0 saturated heterocycles. The van der Waals surface area contributed by atoms with Crippen molar-refractivity contribution in [1.29, 1.82) is 0 Å². The van der Waals surface area contributed by atoms with E-state index in [0.29, 0.717) is 6.54 Å². The van der Waals surface area contributed by atoms with Crippen LogP contribution in [0, 0.1) is 6.92 Å². The SMILES string of the molecule is Cc1cccc(CNc2cc(NCc3cccnc3)ncn2)c1. The summed E-state index contributed by atoms with van der Waals surface area (Å²) >= 11 is 0. The largest absolute Gasteiger partial charge is 0.366 e. The van der Waals surface area contributed by atoms with Crippen molar-refractivity contribution in [2.75, 3.05) is 10.6 Å². The van der Waals surface area contributed by atoms with E-state index in [1.165, 1.54) is 11.1 Å². The Morgan fingerprint density at radius 3 is 2.30 bits per heavy atom. The summed E-state index contributed by atoms with van der Waals surface area (Å²) in [5.41, 5.74) is 3.60. The molecule has 1 aromatic carbocycles. The maximum atomic E-state index is 4.26. The summed E-state index contributed by atoms with van der Waals surface area (Å²) in [7, 11) is 0. The van der Waals surface area contributed by atoms with E-state index in [0.717, 1.165) is 23.7 Å². The highest BCUT2D eigenvalue weighted by atomic mass is 15.1. The van der Waals surface area contributed by atoms with Gasteiger partial charge in [-0.15, -0.1) is 0 Å². The van der Waals surface area contributed by atoms with Gasteiger partial charge in [0, 0.05) is 31.5 Å². The van der Waals surface area contributed by atoms with Crippen LogP contribution in [0.2, 0.25) is 0 Å². The summed E-state index contributed by atoms with van der Waals surface area (Å²) in [5.74, 6) is 1.59. The lowest BCUT2D eigenvalue weighted by atomic mass is 10.1. The molecule has 0 aliphatic carbocycles. The fourth-order valence-electron chi connectivity index (χ4n) is 2.26. The van der Waals surface area contributed by atoms with E-state index >= 15 is 0 Å². The zero-order valence-electron chi connectivity index (χ0n) is 13.0. The quantitative estimate of drug-likeness (QED) is 0.731. The molecular weight excluding hydrogens is 286 g/mol. The van der Waals surface area contributed by atoms with E-state index in [4.69, 9.17) is 0 Å². The van der Waals surface area contributed by atoms with Gasteiger partial charge in [0.2, 0.25) is 0 Å². The molecule has 2 aromatic heterocycles. The Kier molecular flexibility index (Phi) is 4.79. The van der Waals surface area contributed by atoms with Crippen LogP contribution in [0.4, 0.5) is 11.6 Å². The van der Waals surface area contributed by atoms with Crippen LogP contribution in [0.1, 0.15) is 16.7 Å². The van der Waals surface area contributed by atoms with Gasteiger partial charge in [0.25, 0.3) is 0 Å². The number of benzene rings is 1. The summed E-state index contributed by atoms with van der Waals surface area (Å²) in [5, 5.41) is 6.60. The number of anilines is 2. The highest BCUT2D eigenvalue weighted by molar-refractivity contribution is 5.47. The Hall–Kier alpha value is -2.95. The van der Waals surface area contributed by atoms with Crippen LogP contribution in [-0.4, -0.2) is 15.0 Å². The molecule has 0 bridgehead atoms. The first-order valence-corrected chi connectivity index (χ1v) is 7.54. The molecule has 5 nitrogen and oxygen atoms in total. The van der Waals surface area contributed by atoms with Crippen molar-refractivity contribution < 1.29 is 0 Å². The minimum atomic E-state index is 0.683. The van der Waals surface area contributed by atoms with Gasteiger partial charge in [0.05, 0.1) is 0 Å². The van der Waals surface area contributed by atoms with Gasteiger partial charge >= 0.3 is 0 Å². The first-order chi connectivity index (χ1) is 11.3. The maximum Gasteiger partial charge on any atom is 0.131 e. The molecule has 0 atom stereocenters. The van der Waals surface area contributed by atoms with Crippen molar-refractivity contribution in [3.8, 4) is 0 Å². The lowest BCUT2D eigenvalue weighted by Crippen LogP contribution is -2.05. The molecule has 116 valence electrons. The fraction of sp³-hybridized carbons (Fsp3) is 0.167. The summed E-state index contributed by atoms with van der Waals surface area (Å²) in [4.78, 5) is 12.6. The minimum absolute atomic E-state index is 0.683. The zero-order chi connectivity index (χ0) is 15.9. The predicted octanol–water partition coefficient (Wildman–Crippen LogP) is 3.40. The zero-order valence-corrected chi connectivity index (χ0v) is 13.0. The minimum Gasteiger partial charge on any atom is -0.366 e. The Morgan fingerprint density at radius 2 is 1.61 bits per heavy atom. The van der Waals surface area contributed by atoms with Crippen LogP contribution in [0.15, 0.2) is 61.2 Å². The van der Waals surface area contributed by atoms with Gasteiger partial charge in [0.1, 0.15) is 18.0 Å². The third-order valence-corrected chi connectivity index (χ3v) is 3.42. The van der Waals surface area contributed by atoms with Gasteiger partial charge in [-0.3, -0.25) is 4.98 Å². The number of aromatic nitrogens is 3. The second-order valence-electron chi connectivity index (χ2n) is 5.35. The molecule has 2 N–H and O–H groups in total. The molecular formula is C18H19N5. The molecule has 2 heterocycles. The number of aryl methyl sites for hydroxylation is 1. The van der Waals surface area contributed by atoms with Crippen LogP contribution >= 0.6 is 0 Å². The number of rotatable bonds is 6. The van der Waals surface area contributed by atoms with Crippen molar-refractivity contribution in [2.45, 2.75) is 20.0 Å². The first kappa shape index (κ1) is 15.0. The molecule has 5 heteroatoms. The smallest absolute Gasteiger partial charge is 0.131 e. The first-order valence-electron chi connectivity index (χ1n) is 7.54. The van der Waals surface area contributed by atoms with Crippen molar-refractivity contribution in [1.82, 2.24) is 15.0 Å². The maximum absolute atomic E-state index is 4.26. The van der Waals surface area contributed by atoms with E-state index in [9.17, 15) is 0 Å². The third kappa shape index (κ3) is 4.51. The lowest BCUT2D eigenvalue weighted by molar-refractivity contribution is 1.05. The molecule has 3 aromatic rings. The van der Waals surface area contributed by atoms with Crippen molar-refractivity contribution in [3.63, 3.8) is 0 Å². The topological polar surface area (TPSA) is 62.7 Å². The van der Waals surface area contributed by atoms with Crippen molar-refractivity contribution in [3.05, 3.63) is 77.9 Å². The summed E-state index contributed by atoms with van der Waals surface area (Å²) in [6.45, 7) is 3.51. The van der Waals surface area contributed by atoms with E-state index in [-0.39, 0.29) is 0 Å². The molecule has 0 amide bonds. The molecule has 0 aliphatic heterocycles. The molecule has 0 radical (unpaired) electrons. The molecule has 23 heavy (non-hydrogen) atoms. The van der Waals surface area contributed by atoms with Crippen LogP contribution in [0.3, 0.4) is 0 Å². The average Bonchev–Trinajstić information content (AvgIpc) is 2.60. The Balaban J connectivity index is 1.59. The summed E-state index contributed by atoms with van der Waals surface area (Å²) < 4.78 is 0. The monoisotopic (exact) mass is 305 g/mol. The highest BCUT2D eigenvalue weighted by Crippen LogP contribution is 2.12. The van der Waals surface area contributed by atoms with E-state index in [1.54, 1.807) is 12.5 Å². The molecule has 3 rings (SSSR count). The molecule has 0 saturated carbocycles. The van der Waals surface area contributed by atoms with Crippen LogP contribution in [0.25, 0.3) is 0 Å². The van der Waals surface area contributed by atoms with Gasteiger partial charge in [-0.2, -0.15) is 0 Å². The molecule has 0 aliphatic rings. The van der Waals surface area contributed by atoms with E-state index in [1.807, 2.05) is 24.4 Å². The van der Waals surface area contributed by atoms with Gasteiger partial charge in [-0.25, -0.2) is 9.97 Å². The number of nitrogens with one attached hydrogen (secondary N) is 2. The van der Waals surface area contributed by atoms with E-state index in [2.05, 4.69) is 56.8 Å². The van der Waals surface area contributed by atoms with Gasteiger partial charge < -0.3 is 10.6 Å². The van der Waals surface area contributed by atoms with Crippen LogP contribution in [0.5, 0.6) is 0 Å². The predicted molar refractivity (Wildman–Crippen MR) is 92.1 cm³/mol. The van der Waals surface area contributed by atoms with Gasteiger partial charge in [-0.1, -0.05) is 35.9 Å². The highest BCUT2D eigenvalue weighted by Gasteiger charge is 2.00. The van der Waals surface area contributed by atoms with Crippen molar-refractivity contribution >= 4 is 11.6 Å². The summed E-state index contributed by atoms with van der Waals surface area (Å²) in [6.07, 6.45) is 5.16. The third-order valence-electron chi connectivity index (χ3n) is 3.42.